The van der Waals surface area contributed by atoms with Crippen molar-refractivity contribution >= 4 is 27.2 Å². The van der Waals surface area contributed by atoms with Gasteiger partial charge in [-0.3, -0.25) is 0 Å². The summed E-state index contributed by atoms with van der Waals surface area (Å²) in [6.45, 7) is 5.36. The molecule has 0 rings (SSSR count). The third-order valence-electron chi connectivity index (χ3n) is 2.18. The quantitative estimate of drug-likeness (QED) is 0.670. The SMILES string of the molecule is CCC(CC)NS(=O)(=O)C(C)C(N)=S. The Bertz CT molecular complexity index is 284. The van der Waals surface area contributed by atoms with E-state index >= 15 is 0 Å². The molecule has 14 heavy (non-hydrogen) atoms. The maximum Gasteiger partial charge on any atom is 0.220 e. The molecule has 0 bridgehead atoms. The molecule has 0 heterocycles. The van der Waals surface area contributed by atoms with Gasteiger partial charge in [0.25, 0.3) is 0 Å². The van der Waals surface area contributed by atoms with Gasteiger partial charge in [0.15, 0.2) is 0 Å². The van der Waals surface area contributed by atoms with E-state index in [1.165, 1.54) is 6.92 Å². The van der Waals surface area contributed by atoms with Gasteiger partial charge in [-0.05, 0) is 19.8 Å². The Labute approximate surface area is 91.3 Å². The van der Waals surface area contributed by atoms with Gasteiger partial charge in [-0.1, -0.05) is 26.1 Å². The van der Waals surface area contributed by atoms with Gasteiger partial charge in [0.2, 0.25) is 10.0 Å². The van der Waals surface area contributed by atoms with E-state index < -0.39 is 15.3 Å². The standard InChI is InChI=1S/C8H18N2O2S2/c1-4-7(5-2)10-14(11,12)6(3)8(9)13/h6-7,10H,4-5H2,1-3H3,(H2,9,13). The lowest BCUT2D eigenvalue weighted by Crippen LogP contribution is -2.44. The average Bonchev–Trinajstić information content (AvgIpc) is 2.12. The number of hydrogen-bond acceptors (Lipinski definition) is 3. The molecule has 0 spiro atoms. The summed E-state index contributed by atoms with van der Waals surface area (Å²) in [4.78, 5) is 0.00320. The Morgan fingerprint density at radius 1 is 1.43 bits per heavy atom. The van der Waals surface area contributed by atoms with E-state index in [0.717, 1.165) is 12.8 Å². The third kappa shape index (κ3) is 3.89. The first-order chi connectivity index (χ1) is 6.35. The third-order valence-corrected chi connectivity index (χ3v) is 4.53. The van der Waals surface area contributed by atoms with E-state index in [4.69, 9.17) is 5.73 Å². The molecule has 4 nitrogen and oxygen atoms in total. The van der Waals surface area contributed by atoms with E-state index in [1.54, 1.807) is 0 Å². The second-order valence-electron chi connectivity index (χ2n) is 3.22. The van der Waals surface area contributed by atoms with Gasteiger partial charge in [-0.2, -0.15) is 0 Å². The summed E-state index contributed by atoms with van der Waals surface area (Å²) in [5.74, 6) is 0. The molecule has 0 aliphatic heterocycles. The van der Waals surface area contributed by atoms with Crippen LogP contribution in [0.2, 0.25) is 0 Å². The molecular weight excluding hydrogens is 220 g/mol. The number of rotatable bonds is 6. The van der Waals surface area contributed by atoms with Crippen LogP contribution in [-0.2, 0) is 10.0 Å². The van der Waals surface area contributed by atoms with Crippen LogP contribution in [0.15, 0.2) is 0 Å². The van der Waals surface area contributed by atoms with Crippen LogP contribution in [-0.4, -0.2) is 24.7 Å². The molecule has 0 saturated carbocycles. The number of sulfonamides is 1. The zero-order valence-corrected chi connectivity index (χ0v) is 10.4. The van der Waals surface area contributed by atoms with Crippen LogP contribution in [0.4, 0.5) is 0 Å². The molecule has 0 fully saturated rings. The summed E-state index contributed by atoms with van der Waals surface area (Å²) in [5, 5.41) is -0.807. The first-order valence-corrected chi connectivity index (χ1v) is 6.61. The molecule has 84 valence electrons. The number of nitrogens with two attached hydrogens (primary N) is 1. The van der Waals surface area contributed by atoms with Gasteiger partial charge in [-0.15, -0.1) is 0 Å². The lowest BCUT2D eigenvalue weighted by Gasteiger charge is -2.18. The topological polar surface area (TPSA) is 72.2 Å². The number of thiocarbonyl (C=S) groups is 1. The van der Waals surface area contributed by atoms with Crippen LogP contribution in [0.5, 0.6) is 0 Å². The minimum absolute atomic E-state index is 0.00320. The van der Waals surface area contributed by atoms with Crippen molar-refractivity contribution in [3.63, 3.8) is 0 Å². The summed E-state index contributed by atoms with van der Waals surface area (Å²) >= 11 is 4.65. The molecule has 3 N–H and O–H groups in total. The zero-order valence-electron chi connectivity index (χ0n) is 8.78. The van der Waals surface area contributed by atoms with Crippen molar-refractivity contribution in [2.75, 3.05) is 0 Å². The van der Waals surface area contributed by atoms with Crippen molar-refractivity contribution in [2.45, 2.75) is 44.9 Å². The predicted molar refractivity (Wildman–Crippen MR) is 62.7 cm³/mol. The lowest BCUT2D eigenvalue weighted by molar-refractivity contribution is 0.528. The minimum Gasteiger partial charge on any atom is -0.392 e. The number of nitrogens with one attached hydrogen (secondary N) is 1. The lowest BCUT2D eigenvalue weighted by atomic mass is 10.2. The van der Waals surface area contributed by atoms with Crippen molar-refractivity contribution in [1.82, 2.24) is 4.72 Å². The highest BCUT2D eigenvalue weighted by atomic mass is 32.2. The van der Waals surface area contributed by atoms with E-state index in [9.17, 15) is 8.42 Å². The van der Waals surface area contributed by atoms with Crippen LogP contribution >= 0.6 is 12.2 Å². The molecule has 0 saturated heterocycles. The highest BCUT2D eigenvalue weighted by Crippen LogP contribution is 2.04. The van der Waals surface area contributed by atoms with Crippen LogP contribution < -0.4 is 10.5 Å². The molecule has 6 heteroatoms. The maximum absolute atomic E-state index is 11.6. The van der Waals surface area contributed by atoms with Gasteiger partial charge >= 0.3 is 0 Å². The Morgan fingerprint density at radius 2 is 1.86 bits per heavy atom. The predicted octanol–water partition coefficient (Wildman–Crippen LogP) is 0.769. The highest BCUT2D eigenvalue weighted by Gasteiger charge is 2.24. The molecule has 0 radical (unpaired) electrons. The van der Waals surface area contributed by atoms with Crippen molar-refractivity contribution in [1.29, 1.82) is 0 Å². The van der Waals surface area contributed by atoms with Gasteiger partial charge < -0.3 is 5.73 Å². The summed E-state index contributed by atoms with van der Waals surface area (Å²) in [5.41, 5.74) is 5.29. The van der Waals surface area contributed by atoms with E-state index in [2.05, 4.69) is 16.9 Å². The largest absolute Gasteiger partial charge is 0.392 e. The first kappa shape index (κ1) is 13.8. The second kappa shape index (κ2) is 5.63. The monoisotopic (exact) mass is 238 g/mol. The fourth-order valence-electron chi connectivity index (χ4n) is 0.943. The summed E-state index contributed by atoms with van der Waals surface area (Å²) in [6, 6.07) is -0.0307. The van der Waals surface area contributed by atoms with E-state index in [-0.39, 0.29) is 11.0 Å². The highest BCUT2D eigenvalue weighted by molar-refractivity contribution is 7.93. The molecule has 0 aromatic heterocycles. The molecule has 0 amide bonds. The zero-order chi connectivity index (χ0) is 11.4. The smallest absolute Gasteiger partial charge is 0.220 e. The van der Waals surface area contributed by atoms with Gasteiger partial charge in [0, 0.05) is 6.04 Å². The maximum atomic E-state index is 11.6. The van der Waals surface area contributed by atoms with Crippen molar-refractivity contribution < 1.29 is 8.42 Å². The van der Waals surface area contributed by atoms with E-state index in [0.29, 0.717) is 0 Å². The first-order valence-electron chi connectivity index (χ1n) is 4.65. The van der Waals surface area contributed by atoms with Crippen molar-refractivity contribution in [2.24, 2.45) is 5.73 Å². The fourth-order valence-corrected chi connectivity index (χ4v) is 2.63. The van der Waals surface area contributed by atoms with Crippen molar-refractivity contribution in [3.8, 4) is 0 Å². The molecule has 0 aliphatic carbocycles. The fraction of sp³-hybridized carbons (Fsp3) is 0.875. The Hall–Kier alpha value is -0.200. The molecule has 1 atom stereocenters. The molecule has 0 aromatic carbocycles. The summed E-state index contributed by atoms with van der Waals surface area (Å²) < 4.78 is 25.8. The van der Waals surface area contributed by atoms with Crippen LogP contribution in [0.1, 0.15) is 33.6 Å². The molecule has 0 aromatic rings. The van der Waals surface area contributed by atoms with Crippen LogP contribution in [0, 0.1) is 0 Å². The van der Waals surface area contributed by atoms with Gasteiger partial charge in [0.05, 0.1) is 4.99 Å². The van der Waals surface area contributed by atoms with Crippen molar-refractivity contribution in [3.05, 3.63) is 0 Å². The molecule has 1 unspecified atom stereocenters. The average molecular weight is 238 g/mol. The summed E-state index contributed by atoms with van der Waals surface area (Å²) in [6.07, 6.45) is 1.53. The Kier molecular flexibility index (Phi) is 5.54. The van der Waals surface area contributed by atoms with Crippen LogP contribution in [0.3, 0.4) is 0 Å². The normalized spacial score (nSPS) is 14.3. The van der Waals surface area contributed by atoms with E-state index in [1.807, 2.05) is 13.8 Å². The summed E-state index contributed by atoms with van der Waals surface area (Å²) in [7, 11) is -3.40. The van der Waals surface area contributed by atoms with Crippen LogP contribution in [0.25, 0.3) is 0 Å². The van der Waals surface area contributed by atoms with Gasteiger partial charge in [0.1, 0.15) is 5.25 Å². The second-order valence-corrected chi connectivity index (χ2v) is 5.73. The molecular formula is C8H18N2O2S2. The Balaban J connectivity index is 4.56. The molecule has 0 aliphatic rings. The Morgan fingerprint density at radius 3 is 2.14 bits per heavy atom. The number of hydrogen-bond donors (Lipinski definition) is 2. The minimum atomic E-state index is -3.40. The van der Waals surface area contributed by atoms with Gasteiger partial charge in [-0.25, -0.2) is 13.1 Å².